The molecular weight excluding hydrogens is 242 g/mol. The fourth-order valence-corrected chi connectivity index (χ4v) is 2.11. The highest BCUT2D eigenvalue weighted by molar-refractivity contribution is 5.93. The Morgan fingerprint density at radius 1 is 1.47 bits per heavy atom. The molecule has 19 heavy (non-hydrogen) atoms. The van der Waals surface area contributed by atoms with Crippen molar-refractivity contribution >= 4 is 17.5 Å². The number of aryl methyl sites for hydroxylation is 1. The Morgan fingerprint density at radius 2 is 2.32 bits per heavy atom. The molecule has 1 fully saturated rings. The summed E-state index contributed by atoms with van der Waals surface area (Å²) >= 11 is 0. The Hall–Kier alpha value is -1.88. The van der Waals surface area contributed by atoms with Crippen molar-refractivity contribution in [2.24, 2.45) is 0 Å². The molecule has 1 aromatic carbocycles. The third-order valence-electron chi connectivity index (χ3n) is 3.10. The summed E-state index contributed by atoms with van der Waals surface area (Å²) in [6.45, 7) is 2.85. The number of rotatable bonds is 4. The molecule has 1 saturated heterocycles. The number of amides is 2. The molecule has 1 aliphatic rings. The maximum absolute atomic E-state index is 11.8. The van der Waals surface area contributed by atoms with Gasteiger partial charge in [0.15, 0.2) is 0 Å². The average molecular weight is 261 g/mol. The molecule has 2 amide bonds. The number of hydrogen-bond donors (Lipinski definition) is 3. The monoisotopic (exact) mass is 261 g/mol. The van der Waals surface area contributed by atoms with E-state index in [1.54, 1.807) is 0 Å². The van der Waals surface area contributed by atoms with Gasteiger partial charge >= 0.3 is 0 Å². The van der Waals surface area contributed by atoms with Gasteiger partial charge in [0.1, 0.15) is 0 Å². The second-order valence-electron chi connectivity index (χ2n) is 4.78. The van der Waals surface area contributed by atoms with Crippen LogP contribution in [-0.4, -0.2) is 30.9 Å². The number of anilines is 1. The molecule has 0 spiro atoms. The van der Waals surface area contributed by atoms with Gasteiger partial charge in [0, 0.05) is 12.2 Å². The van der Waals surface area contributed by atoms with Crippen LogP contribution in [0.5, 0.6) is 0 Å². The van der Waals surface area contributed by atoms with E-state index < -0.39 is 0 Å². The predicted molar refractivity (Wildman–Crippen MR) is 73.8 cm³/mol. The Bertz CT molecular complexity index is 474. The van der Waals surface area contributed by atoms with Gasteiger partial charge in [0.2, 0.25) is 11.8 Å². The first-order chi connectivity index (χ1) is 9.15. The van der Waals surface area contributed by atoms with E-state index in [1.807, 2.05) is 31.2 Å². The third kappa shape index (κ3) is 4.06. The van der Waals surface area contributed by atoms with Crippen molar-refractivity contribution in [3.8, 4) is 0 Å². The molecule has 1 aliphatic heterocycles. The molecule has 102 valence electrons. The number of benzene rings is 1. The molecule has 0 bridgehead atoms. The maximum atomic E-state index is 11.8. The van der Waals surface area contributed by atoms with Gasteiger partial charge < -0.3 is 10.6 Å². The topological polar surface area (TPSA) is 70.2 Å². The van der Waals surface area contributed by atoms with E-state index >= 15 is 0 Å². The van der Waals surface area contributed by atoms with Crippen molar-refractivity contribution in [2.75, 3.05) is 18.4 Å². The lowest BCUT2D eigenvalue weighted by molar-refractivity contribution is -0.124. The smallest absolute Gasteiger partial charge is 0.238 e. The number of carbonyl (C=O) groups is 2. The first-order valence-corrected chi connectivity index (χ1v) is 6.53. The summed E-state index contributed by atoms with van der Waals surface area (Å²) in [5.74, 6) is -0.154. The fourth-order valence-electron chi connectivity index (χ4n) is 2.11. The average Bonchev–Trinajstić information content (AvgIpc) is 2.38. The van der Waals surface area contributed by atoms with Crippen LogP contribution in [-0.2, 0) is 9.59 Å². The Kier molecular flexibility index (Phi) is 4.52. The van der Waals surface area contributed by atoms with E-state index in [4.69, 9.17) is 0 Å². The second kappa shape index (κ2) is 6.33. The van der Waals surface area contributed by atoms with Gasteiger partial charge in [-0.3, -0.25) is 14.9 Å². The highest BCUT2D eigenvalue weighted by Gasteiger charge is 2.21. The molecule has 0 radical (unpaired) electrons. The first kappa shape index (κ1) is 13.5. The van der Waals surface area contributed by atoms with Crippen molar-refractivity contribution in [1.29, 1.82) is 0 Å². The standard InChI is InChI=1S/C14H19N3O2/c1-10-4-2-5-11(8-10)17-13(18)9-16-12-6-3-7-15-14(12)19/h2,4-5,8,12,16H,3,6-7,9H2,1H3,(H,15,19)(H,17,18). The van der Waals surface area contributed by atoms with Crippen molar-refractivity contribution in [2.45, 2.75) is 25.8 Å². The predicted octanol–water partition coefficient (Wildman–Crippen LogP) is 0.802. The summed E-state index contributed by atoms with van der Waals surface area (Å²) in [6, 6.07) is 7.37. The summed E-state index contributed by atoms with van der Waals surface area (Å²) in [5.41, 5.74) is 1.87. The lowest BCUT2D eigenvalue weighted by atomic mass is 10.1. The third-order valence-corrected chi connectivity index (χ3v) is 3.10. The van der Waals surface area contributed by atoms with Crippen molar-refractivity contribution < 1.29 is 9.59 Å². The van der Waals surface area contributed by atoms with Crippen LogP contribution < -0.4 is 16.0 Å². The van der Waals surface area contributed by atoms with E-state index in [0.29, 0.717) is 0 Å². The minimum atomic E-state index is -0.253. The quantitative estimate of drug-likeness (QED) is 0.751. The lowest BCUT2D eigenvalue weighted by Gasteiger charge is -2.22. The molecule has 0 aliphatic carbocycles. The molecule has 1 unspecified atom stereocenters. The molecule has 5 nitrogen and oxygen atoms in total. The zero-order chi connectivity index (χ0) is 13.7. The molecular formula is C14H19N3O2. The molecule has 1 aromatic rings. The summed E-state index contributed by atoms with van der Waals surface area (Å²) < 4.78 is 0. The maximum Gasteiger partial charge on any atom is 0.238 e. The zero-order valence-electron chi connectivity index (χ0n) is 11.0. The highest BCUT2D eigenvalue weighted by Crippen LogP contribution is 2.09. The first-order valence-electron chi connectivity index (χ1n) is 6.53. The molecule has 1 atom stereocenters. The van der Waals surface area contributed by atoms with E-state index in [-0.39, 0.29) is 24.4 Å². The molecule has 2 rings (SSSR count). The van der Waals surface area contributed by atoms with Gasteiger partial charge in [0.25, 0.3) is 0 Å². The molecule has 0 saturated carbocycles. The largest absolute Gasteiger partial charge is 0.355 e. The minimum Gasteiger partial charge on any atom is -0.355 e. The number of nitrogens with one attached hydrogen (secondary N) is 3. The summed E-state index contributed by atoms with van der Waals surface area (Å²) in [7, 11) is 0. The van der Waals surface area contributed by atoms with E-state index in [1.165, 1.54) is 0 Å². The molecule has 0 aromatic heterocycles. The van der Waals surface area contributed by atoms with Gasteiger partial charge in [-0.2, -0.15) is 0 Å². The van der Waals surface area contributed by atoms with Crippen LogP contribution in [0.1, 0.15) is 18.4 Å². The van der Waals surface area contributed by atoms with E-state index in [0.717, 1.165) is 30.6 Å². The zero-order valence-corrected chi connectivity index (χ0v) is 11.0. The minimum absolute atomic E-state index is 0.0189. The van der Waals surface area contributed by atoms with Gasteiger partial charge in [-0.1, -0.05) is 12.1 Å². The Balaban J connectivity index is 1.80. The van der Waals surface area contributed by atoms with Crippen LogP contribution in [0, 0.1) is 6.92 Å². The number of hydrogen-bond acceptors (Lipinski definition) is 3. The van der Waals surface area contributed by atoms with Gasteiger partial charge in [-0.15, -0.1) is 0 Å². The van der Waals surface area contributed by atoms with Crippen LogP contribution in [0.15, 0.2) is 24.3 Å². The highest BCUT2D eigenvalue weighted by atomic mass is 16.2. The van der Waals surface area contributed by atoms with E-state index in [2.05, 4.69) is 16.0 Å². The fraction of sp³-hybridized carbons (Fsp3) is 0.429. The summed E-state index contributed by atoms with van der Waals surface area (Å²) in [6.07, 6.45) is 1.73. The van der Waals surface area contributed by atoms with Crippen LogP contribution in [0.25, 0.3) is 0 Å². The molecule has 5 heteroatoms. The normalized spacial score (nSPS) is 18.8. The van der Waals surface area contributed by atoms with Gasteiger partial charge in [-0.05, 0) is 37.5 Å². The van der Waals surface area contributed by atoms with Gasteiger partial charge in [-0.25, -0.2) is 0 Å². The molecule has 3 N–H and O–H groups in total. The van der Waals surface area contributed by atoms with Crippen LogP contribution in [0.4, 0.5) is 5.69 Å². The van der Waals surface area contributed by atoms with Crippen molar-refractivity contribution in [3.05, 3.63) is 29.8 Å². The van der Waals surface area contributed by atoms with Crippen molar-refractivity contribution in [3.63, 3.8) is 0 Å². The van der Waals surface area contributed by atoms with Crippen LogP contribution in [0.2, 0.25) is 0 Å². The Morgan fingerprint density at radius 3 is 3.05 bits per heavy atom. The number of carbonyl (C=O) groups excluding carboxylic acids is 2. The summed E-state index contributed by atoms with van der Waals surface area (Å²) in [4.78, 5) is 23.3. The van der Waals surface area contributed by atoms with Crippen LogP contribution >= 0.6 is 0 Å². The van der Waals surface area contributed by atoms with Crippen molar-refractivity contribution in [1.82, 2.24) is 10.6 Å². The Labute approximate surface area is 112 Å². The van der Waals surface area contributed by atoms with Crippen LogP contribution in [0.3, 0.4) is 0 Å². The van der Waals surface area contributed by atoms with E-state index in [9.17, 15) is 9.59 Å². The lowest BCUT2D eigenvalue weighted by Crippen LogP contribution is -2.50. The SMILES string of the molecule is Cc1cccc(NC(=O)CNC2CCCNC2=O)c1. The number of piperidine rings is 1. The van der Waals surface area contributed by atoms with Gasteiger partial charge in [0.05, 0.1) is 12.6 Å². The second-order valence-corrected chi connectivity index (χ2v) is 4.78. The summed E-state index contributed by atoms with van der Waals surface area (Å²) in [5, 5.41) is 8.57. The molecule has 1 heterocycles.